The number of methoxy groups -OCH3 is 1. The van der Waals surface area contributed by atoms with Crippen LogP contribution in [0.5, 0.6) is 5.75 Å². The van der Waals surface area contributed by atoms with Crippen LogP contribution in [0, 0.1) is 0 Å². The molecule has 0 aliphatic heterocycles. The molecule has 1 heterocycles. The number of amides is 2. The van der Waals surface area contributed by atoms with Crippen molar-refractivity contribution in [2.45, 2.75) is 26.8 Å². The molecule has 0 saturated heterocycles. The van der Waals surface area contributed by atoms with E-state index in [4.69, 9.17) is 10.5 Å². The van der Waals surface area contributed by atoms with Crippen LogP contribution in [0.3, 0.4) is 0 Å². The number of benzene rings is 2. The van der Waals surface area contributed by atoms with Gasteiger partial charge in [0.2, 0.25) is 0 Å². The molecule has 3 rings (SSSR count). The van der Waals surface area contributed by atoms with E-state index >= 15 is 0 Å². The summed E-state index contributed by atoms with van der Waals surface area (Å²) in [6, 6.07) is 13.5. The molecule has 0 unspecified atom stereocenters. The Morgan fingerprint density at radius 3 is 2.52 bits per heavy atom. The monoisotopic (exact) mass is 366 g/mol. The van der Waals surface area contributed by atoms with Gasteiger partial charge in [0, 0.05) is 29.7 Å². The minimum Gasteiger partial charge on any atom is -0.497 e. The van der Waals surface area contributed by atoms with Crippen LogP contribution in [0.1, 0.15) is 20.3 Å². The first-order valence-electron chi connectivity index (χ1n) is 9.20. The zero-order chi connectivity index (χ0) is 19.4. The molecule has 0 aliphatic carbocycles. The number of nitrogens with zero attached hydrogens (tertiary/aromatic N) is 1. The molecule has 3 aromatic rings. The van der Waals surface area contributed by atoms with Gasteiger partial charge in [-0.1, -0.05) is 19.1 Å². The fourth-order valence-electron chi connectivity index (χ4n) is 3.25. The fourth-order valence-corrected chi connectivity index (χ4v) is 3.25. The van der Waals surface area contributed by atoms with Crippen molar-refractivity contribution in [2.75, 3.05) is 24.7 Å². The maximum Gasteiger partial charge on any atom is 0.319 e. The number of hydrogen-bond acceptors (Lipinski definition) is 3. The Morgan fingerprint density at radius 2 is 1.89 bits per heavy atom. The molecule has 0 fully saturated rings. The highest BCUT2D eigenvalue weighted by molar-refractivity contribution is 6.01. The van der Waals surface area contributed by atoms with Gasteiger partial charge in [-0.2, -0.15) is 0 Å². The molecule has 0 atom stereocenters. The molecular formula is C21H26N4O2. The third-order valence-corrected chi connectivity index (χ3v) is 4.58. The Morgan fingerprint density at radius 1 is 1.15 bits per heavy atom. The summed E-state index contributed by atoms with van der Waals surface area (Å²) < 4.78 is 7.53. The lowest BCUT2D eigenvalue weighted by molar-refractivity contribution is 0.252. The van der Waals surface area contributed by atoms with Crippen molar-refractivity contribution in [1.29, 1.82) is 0 Å². The number of rotatable bonds is 6. The summed E-state index contributed by atoms with van der Waals surface area (Å²) in [7, 11) is 1.65. The SMILES string of the molecule is CCCNC(=O)Nc1ccc(-c2c(N)c3cc(OC)ccc3n2CC)cc1. The van der Waals surface area contributed by atoms with Crippen molar-refractivity contribution < 1.29 is 9.53 Å². The number of nitrogen functional groups attached to an aromatic ring is 1. The molecule has 0 aliphatic rings. The van der Waals surface area contributed by atoms with E-state index < -0.39 is 0 Å². The van der Waals surface area contributed by atoms with Crippen LogP contribution < -0.4 is 21.1 Å². The van der Waals surface area contributed by atoms with E-state index in [0.29, 0.717) is 6.54 Å². The van der Waals surface area contributed by atoms with Gasteiger partial charge in [0.1, 0.15) is 5.75 Å². The van der Waals surface area contributed by atoms with Gasteiger partial charge in [-0.25, -0.2) is 4.79 Å². The number of hydrogen-bond donors (Lipinski definition) is 3. The van der Waals surface area contributed by atoms with E-state index in [-0.39, 0.29) is 6.03 Å². The molecule has 0 saturated carbocycles. The second-order valence-electron chi connectivity index (χ2n) is 6.35. The number of carbonyl (C=O) groups is 1. The van der Waals surface area contributed by atoms with Gasteiger partial charge in [-0.3, -0.25) is 0 Å². The topological polar surface area (TPSA) is 81.3 Å². The quantitative estimate of drug-likeness (QED) is 0.603. The standard InChI is InChI=1S/C21H26N4O2/c1-4-12-23-21(26)24-15-8-6-14(7-9-15)20-19(22)17-13-16(27-3)10-11-18(17)25(20)5-2/h6-11,13H,4-5,12,22H2,1-3H3,(H2,23,24,26). The third kappa shape index (κ3) is 3.69. The van der Waals surface area contributed by atoms with Crippen molar-refractivity contribution in [1.82, 2.24) is 9.88 Å². The number of anilines is 2. The van der Waals surface area contributed by atoms with Gasteiger partial charge in [0.15, 0.2) is 0 Å². The largest absolute Gasteiger partial charge is 0.497 e. The number of ether oxygens (including phenoxy) is 1. The summed E-state index contributed by atoms with van der Waals surface area (Å²) >= 11 is 0. The van der Waals surface area contributed by atoms with Gasteiger partial charge < -0.3 is 25.7 Å². The van der Waals surface area contributed by atoms with Crippen LogP contribution in [0.25, 0.3) is 22.2 Å². The number of nitrogens with two attached hydrogens (primary N) is 1. The number of fused-ring (bicyclic) bond motifs is 1. The summed E-state index contributed by atoms with van der Waals surface area (Å²) in [4.78, 5) is 11.8. The molecule has 1 aromatic heterocycles. The van der Waals surface area contributed by atoms with E-state index in [2.05, 4.69) is 22.1 Å². The van der Waals surface area contributed by atoms with E-state index in [1.165, 1.54) is 0 Å². The lowest BCUT2D eigenvalue weighted by Crippen LogP contribution is -2.29. The molecule has 2 amide bonds. The predicted molar refractivity (Wildman–Crippen MR) is 111 cm³/mol. The molecule has 4 N–H and O–H groups in total. The van der Waals surface area contributed by atoms with Crippen molar-refractivity contribution in [3.8, 4) is 17.0 Å². The van der Waals surface area contributed by atoms with Crippen LogP contribution in [0.2, 0.25) is 0 Å². The lowest BCUT2D eigenvalue weighted by Gasteiger charge is -2.11. The molecule has 142 valence electrons. The Hall–Kier alpha value is -3.15. The van der Waals surface area contributed by atoms with Gasteiger partial charge >= 0.3 is 6.03 Å². The molecule has 2 aromatic carbocycles. The lowest BCUT2D eigenvalue weighted by atomic mass is 10.1. The molecular weight excluding hydrogens is 340 g/mol. The molecule has 0 radical (unpaired) electrons. The highest BCUT2D eigenvalue weighted by Gasteiger charge is 2.16. The summed E-state index contributed by atoms with van der Waals surface area (Å²) in [5.74, 6) is 0.784. The van der Waals surface area contributed by atoms with Crippen LogP contribution in [0.4, 0.5) is 16.2 Å². The molecule has 0 spiro atoms. The Balaban J connectivity index is 1.95. The van der Waals surface area contributed by atoms with Crippen LogP contribution in [-0.4, -0.2) is 24.3 Å². The van der Waals surface area contributed by atoms with E-state index in [1.54, 1.807) is 7.11 Å². The number of aryl methyl sites for hydroxylation is 1. The zero-order valence-electron chi connectivity index (χ0n) is 16.0. The number of nitrogens with one attached hydrogen (secondary N) is 2. The average molecular weight is 366 g/mol. The van der Waals surface area contributed by atoms with E-state index in [1.807, 2.05) is 49.4 Å². The Bertz CT molecular complexity index is 945. The second kappa shape index (κ2) is 8.03. The molecule has 27 heavy (non-hydrogen) atoms. The minimum absolute atomic E-state index is 0.195. The molecule has 6 nitrogen and oxygen atoms in total. The fraction of sp³-hybridized carbons (Fsp3) is 0.286. The van der Waals surface area contributed by atoms with Gasteiger partial charge in [-0.15, -0.1) is 0 Å². The van der Waals surface area contributed by atoms with E-state index in [0.717, 1.165) is 52.3 Å². The summed E-state index contributed by atoms with van der Waals surface area (Å²) in [6.45, 7) is 5.57. The van der Waals surface area contributed by atoms with E-state index in [9.17, 15) is 4.79 Å². The average Bonchev–Trinajstić information content (AvgIpc) is 2.98. The van der Waals surface area contributed by atoms with Crippen LogP contribution in [-0.2, 0) is 6.54 Å². The van der Waals surface area contributed by atoms with Crippen LogP contribution >= 0.6 is 0 Å². The second-order valence-corrected chi connectivity index (χ2v) is 6.35. The van der Waals surface area contributed by atoms with Crippen molar-refractivity contribution in [2.24, 2.45) is 0 Å². The summed E-state index contributed by atoms with van der Waals surface area (Å²) in [5.41, 5.74) is 11.0. The number of carbonyl (C=O) groups excluding carboxylic acids is 1. The highest BCUT2D eigenvalue weighted by atomic mass is 16.5. The Kier molecular flexibility index (Phi) is 5.54. The first-order chi connectivity index (χ1) is 13.1. The van der Waals surface area contributed by atoms with Gasteiger partial charge in [0.05, 0.1) is 24.0 Å². The molecule has 0 bridgehead atoms. The Labute approximate surface area is 159 Å². The van der Waals surface area contributed by atoms with Crippen molar-refractivity contribution in [3.63, 3.8) is 0 Å². The minimum atomic E-state index is -0.195. The van der Waals surface area contributed by atoms with Crippen LogP contribution in [0.15, 0.2) is 42.5 Å². The summed E-state index contributed by atoms with van der Waals surface area (Å²) in [5, 5.41) is 6.61. The zero-order valence-corrected chi connectivity index (χ0v) is 16.0. The first kappa shape index (κ1) is 18.6. The summed E-state index contributed by atoms with van der Waals surface area (Å²) in [6.07, 6.45) is 0.901. The number of aromatic nitrogens is 1. The van der Waals surface area contributed by atoms with Crippen molar-refractivity contribution >= 4 is 28.3 Å². The predicted octanol–water partition coefficient (Wildman–Crippen LogP) is 4.45. The normalized spacial score (nSPS) is 10.8. The first-order valence-corrected chi connectivity index (χ1v) is 9.20. The number of urea groups is 1. The highest BCUT2D eigenvalue weighted by Crippen LogP contribution is 2.38. The smallest absolute Gasteiger partial charge is 0.319 e. The van der Waals surface area contributed by atoms with Gasteiger partial charge in [0.25, 0.3) is 0 Å². The van der Waals surface area contributed by atoms with Crippen molar-refractivity contribution in [3.05, 3.63) is 42.5 Å². The molecule has 6 heteroatoms. The maximum atomic E-state index is 11.8. The van der Waals surface area contributed by atoms with Gasteiger partial charge in [-0.05, 0) is 43.7 Å². The third-order valence-electron chi connectivity index (χ3n) is 4.58. The maximum absolute atomic E-state index is 11.8.